The third-order valence-corrected chi connectivity index (χ3v) is 2.75. The van der Waals surface area contributed by atoms with E-state index >= 15 is 0 Å². The molecule has 0 aliphatic heterocycles. The normalized spacial score (nSPS) is 12.5. The predicted molar refractivity (Wildman–Crippen MR) is 69.4 cm³/mol. The van der Waals surface area contributed by atoms with Gasteiger partial charge in [0.15, 0.2) is 0 Å². The van der Waals surface area contributed by atoms with Crippen molar-refractivity contribution in [3.63, 3.8) is 0 Å². The molecule has 0 amide bonds. The molecule has 1 heterocycles. The van der Waals surface area contributed by atoms with Gasteiger partial charge in [0.1, 0.15) is 5.75 Å². The fourth-order valence-electron chi connectivity index (χ4n) is 1.68. The topological polar surface area (TPSA) is 94.4 Å². The molecule has 0 saturated carbocycles. The smallest absolute Gasteiger partial charge is 0.243 e. The molecule has 0 spiro atoms. The minimum atomic E-state index is -0.284. The zero-order valence-corrected chi connectivity index (χ0v) is 10.7. The van der Waals surface area contributed by atoms with Crippen LogP contribution in [0.4, 0.5) is 0 Å². The Morgan fingerprint density at radius 3 is 2.79 bits per heavy atom. The number of nitrogens with two attached hydrogens (primary N) is 1. The van der Waals surface area contributed by atoms with Gasteiger partial charge in [-0.25, -0.2) is 0 Å². The van der Waals surface area contributed by atoms with E-state index in [1.54, 1.807) is 31.4 Å². The molecule has 1 unspecified atom stereocenters. The van der Waals surface area contributed by atoms with Gasteiger partial charge >= 0.3 is 0 Å². The number of hydrogen-bond donors (Lipinski definition) is 2. The van der Waals surface area contributed by atoms with Crippen LogP contribution >= 0.6 is 0 Å². The van der Waals surface area contributed by atoms with Gasteiger partial charge in [-0.15, -0.1) is 0 Å². The second-order valence-electron chi connectivity index (χ2n) is 4.24. The van der Waals surface area contributed by atoms with Gasteiger partial charge in [0.25, 0.3) is 0 Å². The van der Waals surface area contributed by atoms with Crippen LogP contribution in [0.15, 0.2) is 28.8 Å². The molecule has 0 aliphatic rings. The molecular weight excluding hydrogens is 246 g/mol. The summed E-state index contributed by atoms with van der Waals surface area (Å²) in [6.07, 6.45) is 1.57. The molecule has 1 aromatic carbocycles. The monoisotopic (exact) mass is 263 g/mol. The number of rotatable bonds is 6. The molecule has 102 valence electrons. The van der Waals surface area contributed by atoms with Crippen molar-refractivity contribution < 1.29 is 14.4 Å². The third kappa shape index (κ3) is 3.52. The number of ether oxygens (including phenoxy) is 1. The van der Waals surface area contributed by atoms with Crippen LogP contribution in [0.5, 0.6) is 5.75 Å². The Kier molecular flexibility index (Phi) is 4.48. The largest absolute Gasteiger partial charge is 0.508 e. The van der Waals surface area contributed by atoms with Crippen molar-refractivity contribution in [2.45, 2.75) is 18.9 Å². The van der Waals surface area contributed by atoms with E-state index in [1.807, 2.05) is 0 Å². The summed E-state index contributed by atoms with van der Waals surface area (Å²) in [4.78, 5) is 4.26. The Bertz CT molecular complexity index is 510. The highest BCUT2D eigenvalue weighted by Crippen LogP contribution is 2.21. The maximum atomic E-state index is 9.22. The third-order valence-electron chi connectivity index (χ3n) is 2.75. The number of aromatic hydroxyl groups is 1. The van der Waals surface area contributed by atoms with E-state index in [2.05, 4.69) is 10.1 Å². The summed E-state index contributed by atoms with van der Waals surface area (Å²) in [7, 11) is 1.65. The first-order chi connectivity index (χ1) is 9.20. The van der Waals surface area contributed by atoms with Crippen molar-refractivity contribution in [3.05, 3.63) is 30.2 Å². The summed E-state index contributed by atoms with van der Waals surface area (Å²) in [6.45, 7) is 0.659. The number of phenols is 1. The van der Waals surface area contributed by atoms with Crippen LogP contribution < -0.4 is 5.73 Å². The second kappa shape index (κ2) is 6.31. The van der Waals surface area contributed by atoms with E-state index in [4.69, 9.17) is 15.0 Å². The van der Waals surface area contributed by atoms with E-state index in [9.17, 15) is 5.11 Å². The fraction of sp³-hybridized carbons (Fsp3) is 0.385. The first-order valence-electron chi connectivity index (χ1n) is 6.08. The minimum Gasteiger partial charge on any atom is -0.508 e. The molecule has 0 aliphatic carbocycles. The van der Waals surface area contributed by atoms with Crippen molar-refractivity contribution >= 4 is 0 Å². The van der Waals surface area contributed by atoms with Gasteiger partial charge in [-0.3, -0.25) is 0 Å². The van der Waals surface area contributed by atoms with Crippen LogP contribution in [0.1, 0.15) is 24.8 Å². The van der Waals surface area contributed by atoms with E-state index < -0.39 is 0 Å². The van der Waals surface area contributed by atoms with E-state index in [0.29, 0.717) is 18.3 Å². The average molecular weight is 263 g/mol. The molecule has 1 aromatic heterocycles. The van der Waals surface area contributed by atoms with Crippen molar-refractivity contribution in [2.75, 3.05) is 13.7 Å². The van der Waals surface area contributed by atoms with Crippen molar-refractivity contribution in [3.8, 4) is 17.1 Å². The summed E-state index contributed by atoms with van der Waals surface area (Å²) in [6, 6.07) is 6.31. The van der Waals surface area contributed by atoms with Gasteiger partial charge in [-0.2, -0.15) is 4.98 Å². The minimum absolute atomic E-state index is 0.198. The number of aromatic nitrogens is 2. The lowest BCUT2D eigenvalue weighted by atomic mass is 10.1. The Balaban J connectivity index is 2.04. The Labute approximate surface area is 111 Å². The Morgan fingerprint density at radius 2 is 2.11 bits per heavy atom. The van der Waals surface area contributed by atoms with E-state index in [0.717, 1.165) is 18.4 Å². The van der Waals surface area contributed by atoms with E-state index in [-0.39, 0.29) is 11.8 Å². The highest BCUT2D eigenvalue weighted by Gasteiger charge is 2.15. The summed E-state index contributed by atoms with van der Waals surface area (Å²) in [5.41, 5.74) is 6.73. The molecule has 1 atom stereocenters. The average Bonchev–Trinajstić information content (AvgIpc) is 2.89. The number of benzene rings is 1. The molecule has 2 aromatic rings. The maximum absolute atomic E-state index is 9.22. The van der Waals surface area contributed by atoms with Gasteiger partial charge < -0.3 is 20.1 Å². The summed E-state index contributed by atoms with van der Waals surface area (Å²) < 4.78 is 10.1. The zero-order chi connectivity index (χ0) is 13.7. The predicted octanol–water partition coefficient (Wildman–Crippen LogP) is 1.87. The Morgan fingerprint density at radius 1 is 1.37 bits per heavy atom. The molecular formula is C13H17N3O3. The molecule has 3 N–H and O–H groups in total. The maximum Gasteiger partial charge on any atom is 0.243 e. The van der Waals surface area contributed by atoms with Crippen LogP contribution in [0, 0.1) is 0 Å². The highest BCUT2D eigenvalue weighted by molar-refractivity contribution is 5.55. The molecule has 19 heavy (non-hydrogen) atoms. The standard InChI is InChI=1S/C13H17N3O3/c1-18-8-2-3-11(14)13-15-12(16-19-13)9-4-6-10(17)7-5-9/h4-7,11,17H,2-3,8,14H2,1H3. The quantitative estimate of drug-likeness (QED) is 0.772. The van der Waals surface area contributed by atoms with Crippen LogP contribution in [-0.2, 0) is 4.74 Å². The molecule has 0 fully saturated rings. The van der Waals surface area contributed by atoms with E-state index in [1.165, 1.54) is 0 Å². The van der Waals surface area contributed by atoms with Crippen LogP contribution in [0.2, 0.25) is 0 Å². The lowest BCUT2D eigenvalue weighted by Crippen LogP contribution is -2.11. The molecule has 0 bridgehead atoms. The summed E-state index contributed by atoms with van der Waals surface area (Å²) in [5.74, 6) is 1.08. The van der Waals surface area contributed by atoms with Gasteiger partial charge in [-0.1, -0.05) is 5.16 Å². The van der Waals surface area contributed by atoms with Crippen molar-refractivity contribution in [1.29, 1.82) is 0 Å². The highest BCUT2D eigenvalue weighted by atomic mass is 16.5. The van der Waals surface area contributed by atoms with Crippen molar-refractivity contribution in [2.24, 2.45) is 5.73 Å². The van der Waals surface area contributed by atoms with Crippen LogP contribution in [0.25, 0.3) is 11.4 Å². The lowest BCUT2D eigenvalue weighted by molar-refractivity contribution is 0.188. The number of nitrogens with zero attached hydrogens (tertiary/aromatic N) is 2. The molecule has 6 heteroatoms. The number of hydrogen-bond acceptors (Lipinski definition) is 6. The van der Waals surface area contributed by atoms with Gasteiger partial charge in [0.05, 0.1) is 6.04 Å². The Hall–Kier alpha value is -1.92. The summed E-state index contributed by atoms with van der Waals surface area (Å²) >= 11 is 0. The van der Waals surface area contributed by atoms with Gasteiger partial charge in [-0.05, 0) is 37.1 Å². The molecule has 2 rings (SSSR count). The molecule has 6 nitrogen and oxygen atoms in total. The molecule has 0 radical (unpaired) electrons. The fourth-order valence-corrected chi connectivity index (χ4v) is 1.68. The second-order valence-corrected chi connectivity index (χ2v) is 4.24. The first kappa shape index (κ1) is 13.5. The number of methoxy groups -OCH3 is 1. The van der Waals surface area contributed by atoms with Gasteiger partial charge in [0, 0.05) is 19.3 Å². The SMILES string of the molecule is COCCCC(N)c1nc(-c2ccc(O)cc2)no1. The molecule has 0 saturated heterocycles. The lowest BCUT2D eigenvalue weighted by Gasteiger charge is -2.04. The van der Waals surface area contributed by atoms with Crippen molar-refractivity contribution in [1.82, 2.24) is 10.1 Å². The summed E-state index contributed by atoms with van der Waals surface area (Å²) in [5, 5.41) is 13.1. The first-order valence-corrected chi connectivity index (χ1v) is 6.08. The zero-order valence-electron chi connectivity index (χ0n) is 10.7. The van der Waals surface area contributed by atoms with Crippen LogP contribution in [-0.4, -0.2) is 29.0 Å². The van der Waals surface area contributed by atoms with Crippen LogP contribution in [0.3, 0.4) is 0 Å². The number of phenolic OH excluding ortho intramolecular Hbond substituents is 1. The van der Waals surface area contributed by atoms with Gasteiger partial charge in [0.2, 0.25) is 11.7 Å².